The second-order valence-electron chi connectivity index (χ2n) is 5.66. The van der Waals surface area contributed by atoms with Crippen LogP contribution in [0.25, 0.3) is 0 Å². The molecule has 1 atom stereocenters. The van der Waals surface area contributed by atoms with E-state index in [1.54, 1.807) is 0 Å². The van der Waals surface area contributed by atoms with Gasteiger partial charge in [0.25, 0.3) is 0 Å². The Morgan fingerprint density at radius 1 is 1.12 bits per heavy atom. The van der Waals surface area contributed by atoms with Crippen LogP contribution in [0, 0.1) is 0 Å². The number of imide groups is 1. The smallest absolute Gasteiger partial charge is 0.318 e. The Hall–Kier alpha value is -2.86. The van der Waals surface area contributed by atoms with Gasteiger partial charge >= 0.3 is 6.03 Å². The Morgan fingerprint density at radius 2 is 1.76 bits per heavy atom. The predicted molar refractivity (Wildman–Crippen MR) is 96.0 cm³/mol. The number of urea groups is 1. The van der Waals surface area contributed by atoms with Crippen molar-refractivity contribution in [1.29, 1.82) is 0 Å². The second-order valence-corrected chi connectivity index (χ2v) is 5.66. The highest BCUT2D eigenvalue weighted by atomic mass is 16.5. The molecule has 3 N–H and O–H groups in total. The maximum absolute atomic E-state index is 12.5. The van der Waals surface area contributed by atoms with Crippen molar-refractivity contribution in [3.8, 4) is 5.75 Å². The summed E-state index contributed by atoms with van der Waals surface area (Å²) in [6.07, 6.45) is 0. The van der Waals surface area contributed by atoms with E-state index in [0.717, 1.165) is 16.9 Å². The fraction of sp³-hybridized carbons (Fsp3) is 0.263. The number of hydrogen-bond acceptors (Lipinski definition) is 4. The average Bonchev–Trinajstić information content (AvgIpc) is 2.57. The molecule has 0 saturated heterocycles. The topological polar surface area (TPSA) is 84.7 Å². The quantitative estimate of drug-likeness (QED) is 0.810. The van der Waals surface area contributed by atoms with Gasteiger partial charge in [0.05, 0.1) is 6.61 Å². The number of carbonyl (C=O) groups is 2. The molecule has 0 unspecified atom stereocenters. The van der Waals surface area contributed by atoms with Crippen LogP contribution in [0.2, 0.25) is 0 Å². The number of nitrogens with one attached hydrogen (secondary N) is 1. The lowest BCUT2D eigenvalue weighted by atomic mass is 10.0. The molecule has 0 saturated carbocycles. The van der Waals surface area contributed by atoms with Gasteiger partial charge in [0.2, 0.25) is 5.91 Å². The molecule has 2 aromatic rings. The van der Waals surface area contributed by atoms with E-state index >= 15 is 0 Å². The van der Waals surface area contributed by atoms with E-state index in [9.17, 15) is 9.59 Å². The summed E-state index contributed by atoms with van der Waals surface area (Å²) in [5.74, 6) is 0.354. The van der Waals surface area contributed by atoms with E-state index in [1.807, 2.05) is 73.5 Å². The molecule has 0 aliphatic heterocycles. The first-order valence-corrected chi connectivity index (χ1v) is 8.08. The van der Waals surface area contributed by atoms with E-state index in [-0.39, 0.29) is 0 Å². The Bertz CT molecular complexity index is 702. The van der Waals surface area contributed by atoms with Crippen LogP contribution in [0.15, 0.2) is 54.6 Å². The summed E-state index contributed by atoms with van der Waals surface area (Å²) < 4.78 is 5.44. The number of amides is 3. The van der Waals surface area contributed by atoms with Crippen LogP contribution in [0.5, 0.6) is 5.75 Å². The van der Waals surface area contributed by atoms with Crippen LogP contribution >= 0.6 is 0 Å². The highest BCUT2D eigenvalue weighted by Gasteiger charge is 2.26. The lowest BCUT2D eigenvalue weighted by Crippen LogP contribution is -2.43. The van der Waals surface area contributed by atoms with Gasteiger partial charge in [-0.25, -0.2) is 4.79 Å². The number of nitrogens with two attached hydrogens (primary N) is 1. The van der Waals surface area contributed by atoms with Crippen molar-refractivity contribution < 1.29 is 14.3 Å². The summed E-state index contributed by atoms with van der Waals surface area (Å²) in [4.78, 5) is 25.4. The summed E-state index contributed by atoms with van der Waals surface area (Å²) >= 11 is 0. The van der Waals surface area contributed by atoms with Crippen molar-refractivity contribution in [2.75, 3.05) is 13.7 Å². The molecule has 0 heterocycles. The van der Waals surface area contributed by atoms with Gasteiger partial charge in [0.1, 0.15) is 11.8 Å². The third kappa shape index (κ3) is 5.32. The van der Waals surface area contributed by atoms with Gasteiger partial charge < -0.3 is 10.5 Å². The monoisotopic (exact) mass is 341 g/mol. The lowest BCUT2D eigenvalue weighted by molar-refractivity contribution is -0.125. The number of likely N-dealkylation sites (N-methyl/N-ethyl adjacent to an activating group) is 1. The van der Waals surface area contributed by atoms with Crippen LogP contribution in [-0.4, -0.2) is 30.5 Å². The third-order valence-electron chi connectivity index (χ3n) is 3.72. The maximum Gasteiger partial charge on any atom is 0.318 e. The molecule has 3 amide bonds. The summed E-state index contributed by atoms with van der Waals surface area (Å²) in [6.45, 7) is 3.07. The van der Waals surface area contributed by atoms with Crippen molar-refractivity contribution in [2.24, 2.45) is 5.73 Å². The first kappa shape index (κ1) is 18.5. The predicted octanol–water partition coefficient (Wildman–Crippen LogP) is 2.45. The SMILES string of the molecule is CCOc1ccc(CN(C)[C@@H](C(=O)NC(N)=O)c2ccccc2)cc1. The van der Waals surface area contributed by atoms with Gasteiger partial charge in [-0.1, -0.05) is 42.5 Å². The van der Waals surface area contributed by atoms with E-state index < -0.39 is 18.0 Å². The van der Waals surface area contributed by atoms with E-state index in [0.29, 0.717) is 13.2 Å². The first-order chi connectivity index (χ1) is 12.0. The Kier molecular flexibility index (Phi) is 6.54. The van der Waals surface area contributed by atoms with Crippen molar-refractivity contribution in [1.82, 2.24) is 10.2 Å². The van der Waals surface area contributed by atoms with E-state index in [1.165, 1.54) is 0 Å². The second kappa shape index (κ2) is 8.84. The molecule has 0 aliphatic carbocycles. The van der Waals surface area contributed by atoms with Crippen LogP contribution < -0.4 is 15.8 Å². The number of ether oxygens (including phenoxy) is 1. The molecule has 0 spiro atoms. The van der Waals surface area contributed by atoms with Crippen LogP contribution in [0.4, 0.5) is 4.79 Å². The zero-order chi connectivity index (χ0) is 18.2. The Labute approximate surface area is 147 Å². The minimum Gasteiger partial charge on any atom is -0.494 e. The van der Waals surface area contributed by atoms with Gasteiger partial charge in [-0.15, -0.1) is 0 Å². The molecule has 6 nitrogen and oxygen atoms in total. The minimum absolute atomic E-state index is 0.452. The first-order valence-electron chi connectivity index (χ1n) is 8.08. The Balaban J connectivity index is 2.18. The van der Waals surface area contributed by atoms with Crippen molar-refractivity contribution in [3.05, 3.63) is 65.7 Å². The molecule has 0 fully saturated rings. The fourth-order valence-corrected chi connectivity index (χ4v) is 2.67. The molecule has 6 heteroatoms. The molecule has 0 aromatic heterocycles. The van der Waals surface area contributed by atoms with Crippen LogP contribution in [-0.2, 0) is 11.3 Å². The lowest BCUT2D eigenvalue weighted by Gasteiger charge is -2.27. The third-order valence-corrected chi connectivity index (χ3v) is 3.72. The summed E-state index contributed by atoms with van der Waals surface area (Å²) in [7, 11) is 1.83. The largest absolute Gasteiger partial charge is 0.494 e. The Morgan fingerprint density at radius 3 is 2.32 bits per heavy atom. The average molecular weight is 341 g/mol. The molecule has 0 aliphatic rings. The van der Waals surface area contributed by atoms with Crippen LogP contribution in [0.3, 0.4) is 0 Å². The van der Waals surface area contributed by atoms with Crippen molar-refractivity contribution in [3.63, 3.8) is 0 Å². The molecular weight excluding hydrogens is 318 g/mol. The summed E-state index contributed by atoms with van der Waals surface area (Å²) in [5, 5.41) is 2.17. The van der Waals surface area contributed by atoms with Gasteiger partial charge in [0, 0.05) is 6.54 Å². The van der Waals surface area contributed by atoms with Crippen LogP contribution in [0.1, 0.15) is 24.1 Å². The molecule has 25 heavy (non-hydrogen) atoms. The van der Waals surface area contributed by atoms with Gasteiger partial charge in [0.15, 0.2) is 0 Å². The van der Waals surface area contributed by atoms with Gasteiger partial charge in [-0.3, -0.25) is 15.0 Å². The number of rotatable bonds is 7. The molecule has 132 valence electrons. The number of nitrogens with zero attached hydrogens (tertiary/aromatic N) is 1. The molecule has 2 aromatic carbocycles. The molecule has 0 radical (unpaired) electrons. The standard InChI is InChI=1S/C19H23N3O3/c1-3-25-16-11-9-14(10-12-16)13-22(2)17(18(23)21-19(20)24)15-7-5-4-6-8-15/h4-12,17H,3,13H2,1-2H3,(H3,20,21,23,24)/t17-/m1/s1. The maximum atomic E-state index is 12.5. The summed E-state index contributed by atoms with van der Waals surface area (Å²) in [5.41, 5.74) is 6.92. The van der Waals surface area contributed by atoms with Gasteiger partial charge in [-0.2, -0.15) is 0 Å². The minimum atomic E-state index is -0.861. The van der Waals surface area contributed by atoms with Crippen molar-refractivity contribution >= 4 is 11.9 Å². The van der Waals surface area contributed by atoms with E-state index in [4.69, 9.17) is 10.5 Å². The highest BCUT2D eigenvalue weighted by Crippen LogP contribution is 2.22. The fourth-order valence-electron chi connectivity index (χ4n) is 2.67. The highest BCUT2D eigenvalue weighted by molar-refractivity contribution is 5.96. The number of carbonyl (C=O) groups excluding carboxylic acids is 2. The zero-order valence-electron chi connectivity index (χ0n) is 14.4. The molecular formula is C19H23N3O3. The van der Waals surface area contributed by atoms with Gasteiger partial charge in [-0.05, 0) is 37.2 Å². The zero-order valence-corrected chi connectivity index (χ0v) is 14.4. The summed E-state index contributed by atoms with van der Waals surface area (Å²) in [6, 6.07) is 15.5. The number of primary amides is 1. The number of benzene rings is 2. The molecule has 2 rings (SSSR count). The van der Waals surface area contributed by atoms with Crippen molar-refractivity contribution in [2.45, 2.75) is 19.5 Å². The number of hydrogen-bond donors (Lipinski definition) is 2. The molecule has 0 bridgehead atoms. The normalized spacial score (nSPS) is 11.8. The van der Waals surface area contributed by atoms with E-state index in [2.05, 4.69) is 5.32 Å².